The van der Waals surface area contributed by atoms with Gasteiger partial charge >= 0.3 is 5.97 Å². The summed E-state index contributed by atoms with van der Waals surface area (Å²) in [5.74, 6) is -0.895. The van der Waals surface area contributed by atoms with Crippen LogP contribution in [0, 0.1) is 0 Å². The lowest BCUT2D eigenvalue weighted by Gasteiger charge is -2.22. The fraction of sp³-hybridized carbons (Fsp3) is 0.600. The van der Waals surface area contributed by atoms with E-state index in [9.17, 15) is 4.79 Å². The van der Waals surface area contributed by atoms with Crippen molar-refractivity contribution < 1.29 is 14.6 Å². The lowest BCUT2D eigenvalue weighted by molar-refractivity contribution is -0.136. The molecule has 1 fully saturated rings. The van der Waals surface area contributed by atoms with E-state index in [0.717, 1.165) is 12.8 Å². The normalized spacial score (nSPS) is 17.6. The van der Waals surface area contributed by atoms with Gasteiger partial charge in [-0.15, -0.1) is 0 Å². The van der Waals surface area contributed by atoms with Crippen molar-refractivity contribution in [2.45, 2.75) is 25.3 Å². The second-order valence-electron chi connectivity index (χ2n) is 3.82. The van der Waals surface area contributed by atoms with Gasteiger partial charge in [-0.05, 0) is 18.9 Å². The van der Waals surface area contributed by atoms with Crippen LogP contribution >= 0.6 is 11.6 Å². The third-order valence-electron chi connectivity index (χ3n) is 2.61. The molecule has 6 heteroatoms. The zero-order valence-corrected chi connectivity index (χ0v) is 9.48. The van der Waals surface area contributed by atoms with Crippen molar-refractivity contribution in [3.05, 3.63) is 16.9 Å². The second kappa shape index (κ2) is 4.84. The molecule has 0 radical (unpaired) electrons. The third-order valence-corrected chi connectivity index (χ3v) is 2.89. The molecular weight excluding hydrogens is 232 g/mol. The Hall–Kier alpha value is -1.07. The van der Waals surface area contributed by atoms with E-state index in [1.165, 1.54) is 0 Å². The highest BCUT2D eigenvalue weighted by Crippen LogP contribution is 2.25. The first-order valence-corrected chi connectivity index (χ1v) is 5.58. The Labute approximate surface area is 98.0 Å². The maximum atomic E-state index is 10.6. The van der Waals surface area contributed by atoms with Crippen LogP contribution in [0.2, 0.25) is 5.15 Å². The number of carboxylic acid groups (broad SMARTS) is 1. The Morgan fingerprint density at radius 3 is 2.94 bits per heavy atom. The molecule has 0 unspecified atom stereocenters. The van der Waals surface area contributed by atoms with Crippen LogP contribution in [0.3, 0.4) is 0 Å². The van der Waals surface area contributed by atoms with E-state index < -0.39 is 5.97 Å². The van der Waals surface area contributed by atoms with E-state index in [4.69, 9.17) is 21.4 Å². The predicted octanol–water partition coefficient (Wildman–Crippen LogP) is 1.52. The van der Waals surface area contributed by atoms with Gasteiger partial charge in [-0.3, -0.25) is 9.48 Å². The molecule has 2 rings (SSSR count). The molecule has 0 saturated carbocycles. The van der Waals surface area contributed by atoms with Crippen LogP contribution in [0.25, 0.3) is 0 Å². The molecular formula is C10H13ClN2O3. The first-order chi connectivity index (χ1) is 7.66. The van der Waals surface area contributed by atoms with Gasteiger partial charge in [0.15, 0.2) is 0 Å². The molecule has 0 aliphatic carbocycles. The van der Waals surface area contributed by atoms with E-state index in [2.05, 4.69) is 5.10 Å². The van der Waals surface area contributed by atoms with Gasteiger partial charge in [0.1, 0.15) is 5.15 Å². The molecule has 1 saturated heterocycles. The fourth-order valence-electron chi connectivity index (χ4n) is 1.85. The number of aromatic nitrogens is 2. The highest BCUT2D eigenvalue weighted by Gasteiger charge is 2.20. The quantitative estimate of drug-likeness (QED) is 0.876. The largest absolute Gasteiger partial charge is 0.481 e. The molecule has 0 bridgehead atoms. The molecule has 0 amide bonds. The van der Waals surface area contributed by atoms with Crippen LogP contribution in [-0.4, -0.2) is 34.1 Å². The molecule has 0 aromatic carbocycles. The number of hydrogen-bond acceptors (Lipinski definition) is 3. The van der Waals surface area contributed by atoms with Crippen molar-refractivity contribution in [3.63, 3.8) is 0 Å². The molecule has 1 N–H and O–H groups in total. The smallest absolute Gasteiger partial charge is 0.309 e. The van der Waals surface area contributed by atoms with Gasteiger partial charge in [-0.2, -0.15) is 5.10 Å². The van der Waals surface area contributed by atoms with Crippen molar-refractivity contribution in [2.75, 3.05) is 13.2 Å². The average Bonchev–Trinajstić information content (AvgIpc) is 2.60. The molecule has 1 aromatic rings. The van der Waals surface area contributed by atoms with Gasteiger partial charge in [0, 0.05) is 13.2 Å². The van der Waals surface area contributed by atoms with Crippen LogP contribution in [0.15, 0.2) is 6.07 Å². The average molecular weight is 245 g/mol. The summed E-state index contributed by atoms with van der Waals surface area (Å²) in [6.07, 6.45) is 1.65. The Kier molecular flexibility index (Phi) is 3.46. The van der Waals surface area contributed by atoms with Crippen molar-refractivity contribution in [3.8, 4) is 0 Å². The predicted molar refractivity (Wildman–Crippen MR) is 57.7 cm³/mol. The fourth-order valence-corrected chi connectivity index (χ4v) is 2.15. The zero-order chi connectivity index (χ0) is 11.5. The molecule has 1 aliphatic rings. The first-order valence-electron chi connectivity index (χ1n) is 5.20. The van der Waals surface area contributed by atoms with Gasteiger partial charge in [-0.1, -0.05) is 11.6 Å². The molecule has 5 nitrogen and oxygen atoms in total. The Morgan fingerprint density at radius 2 is 2.31 bits per heavy atom. The summed E-state index contributed by atoms with van der Waals surface area (Å²) in [6, 6.07) is 1.84. The molecule has 1 aliphatic heterocycles. The van der Waals surface area contributed by atoms with Crippen molar-refractivity contribution in [1.82, 2.24) is 9.78 Å². The SMILES string of the molecule is O=C(O)Cc1cc(Cl)n(C2CCOCC2)n1. The lowest BCUT2D eigenvalue weighted by atomic mass is 10.1. The minimum absolute atomic E-state index is 0.0874. The van der Waals surface area contributed by atoms with Gasteiger partial charge < -0.3 is 9.84 Å². The number of rotatable bonds is 3. The topological polar surface area (TPSA) is 64.3 Å². The maximum Gasteiger partial charge on any atom is 0.309 e. The number of carboxylic acids is 1. The number of hydrogen-bond donors (Lipinski definition) is 1. The van der Waals surface area contributed by atoms with Gasteiger partial charge in [0.25, 0.3) is 0 Å². The Balaban J connectivity index is 2.13. The zero-order valence-electron chi connectivity index (χ0n) is 8.73. The molecule has 1 aromatic heterocycles. The minimum atomic E-state index is -0.895. The highest BCUT2D eigenvalue weighted by atomic mass is 35.5. The van der Waals surface area contributed by atoms with Gasteiger partial charge in [0.05, 0.1) is 18.2 Å². The Bertz CT molecular complexity index is 385. The summed E-state index contributed by atoms with van der Waals surface area (Å²) in [7, 11) is 0. The van der Waals surface area contributed by atoms with E-state index in [1.54, 1.807) is 10.7 Å². The summed E-state index contributed by atoms with van der Waals surface area (Å²) < 4.78 is 6.96. The second-order valence-corrected chi connectivity index (χ2v) is 4.20. The van der Waals surface area contributed by atoms with E-state index in [1.807, 2.05) is 0 Å². The summed E-state index contributed by atoms with van der Waals surface area (Å²) in [4.78, 5) is 10.6. The number of nitrogens with zero attached hydrogens (tertiary/aromatic N) is 2. The number of carbonyl (C=O) groups is 1. The van der Waals surface area contributed by atoms with Crippen molar-refractivity contribution >= 4 is 17.6 Å². The van der Waals surface area contributed by atoms with Crippen molar-refractivity contribution in [2.24, 2.45) is 0 Å². The van der Waals surface area contributed by atoms with E-state index >= 15 is 0 Å². The molecule has 88 valence electrons. The number of aliphatic carboxylic acids is 1. The van der Waals surface area contributed by atoms with Gasteiger partial charge in [-0.25, -0.2) is 0 Å². The van der Waals surface area contributed by atoms with Crippen LogP contribution in [0.4, 0.5) is 0 Å². The monoisotopic (exact) mass is 244 g/mol. The molecule has 0 atom stereocenters. The van der Waals surface area contributed by atoms with Crippen molar-refractivity contribution in [1.29, 1.82) is 0 Å². The van der Waals surface area contributed by atoms with Gasteiger partial charge in [0.2, 0.25) is 0 Å². The minimum Gasteiger partial charge on any atom is -0.481 e. The summed E-state index contributed by atoms with van der Waals surface area (Å²) >= 11 is 6.03. The highest BCUT2D eigenvalue weighted by molar-refractivity contribution is 6.29. The maximum absolute atomic E-state index is 10.6. The summed E-state index contributed by atoms with van der Waals surface area (Å²) in [5.41, 5.74) is 0.504. The Morgan fingerprint density at radius 1 is 1.62 bits per heavy atom. The van der Waals surface area contributed by atoms with Crippen LogP contribution in [-0.2, 0) is 16.0 Å². The first kappa shape index (κ1) is 11.4. The summed E-state index contributed by atoms with van der Waals surface area (Å²) in [6.45, 7) is 1.41. The molecule has 0 spiro atoms. The lowest BCUT2D eigenvalue weighted by Crippen LogP contribution is -2.20. The van der Waals surface area contributed by atoms with E-state index in [-0.39, 0.29) is 12.5 Å². The standard InChI is InChI=1S/C10H13ClN2O3/c11-9-5-7(6-10(14)15)12-13(9)8-1-3-16-4-2-8/h5,8H,1-4,6H2,(H,14,15). The van der Waals surface area contributed by atoms with Crippen LogP contribution in [0.5, 0.6) is 0 Å². The molecule has 16 heavy (non-hydrogen) atoms. The number of halogens is 1. The summed E-state index contributed by atoms with van der Waals surface area (Å²) in [5, 5.41) is 13.4. The molecule has 2 heterocycles. The van der Waals surface area contributed by atoms with E-state index in [0.29, 0.717) is 24.1 Å². The van der Waals surface area contributed by atoms with Crippen LogP contribution < -0.4 is 0 Å². The van der Waals surface area contributed by atoms with Crippen LogP contribution in [0.1, 0.15) is 24.6 Å². The number of ether oxygens (including phenoxy) is 1. The third kappa shape index (κ3) is 2.54.